The molecule has 6 atom stereocenters. The molecule has 3 aliphatic heterocycles. The number of likely N-dealkylation sites (tertiary alicyclic amines) is 1. The number of aliphatic hydroxyl groups excluding tert-OH is 1. The molecule has 1 aliphatic carbocycles. The van der Waals surface area contributed by atoms with E-state index in [4.69, 9.17) is 0 Å². The van der Waals surface area contributed by atoms with E-state index in [0.717, 1.165) is 25.7 Å². The standard InChI is InChI=1S/C23H34N2O5S/c1-3-12-24(15-8-6-5-7-9-15)21(28)19-23-11-10-16(31-23)17(22(29)30)18(23)20(27)25(19)14(4-2)13-26/h3,14-19,26H,1,4-13H2,2H3,(H,29,30)/t14-,16+,17-,18-,19?,23?/m0/s1. The minimum absolute atomic E-state index is 0.0891. The van der Waals surface area contributed by atoms with Gasteiger partial charge in [0.2, 0.25) is 11.8 Å². The van der Waals surface area contributed by atoms with Gasteiger partial charge in [-0.1, -0.05) is 32.3 Å². The maximum atomic E-state index is 14.2. The van der Waals surface area contributed by atoms with E-state index >= 15 is 0 Å². The van der Waals surface area contributed by atoms with Crippen LogP contribution in [0.3, 0.4) is 0 Å². The van der Waals surface area contributed by atoms with Gasteiger partial charge in [0.25, 0.3) is 0 Å². The number of thioether (sulfide) groups is 1. The maximum absolute atomic E-state index is 14.2. The van der Waals surface area contributed by atoms with Crippen LogP contribution in [0.15, 0.2) is 12.7 Å². The van der Waals surface area contributed by atoms with Crippen LogP contribution < -0.4 is 0 Å². The molecule has 0 aromatic carbocycles. The van der Waals surface area contributed by atoms with Crippen LogP contribution in [0.1, 0.15) is 58.3 Å². The molecule has 4 aliphatic rings. The van der Waals surface area contributed by atoms with Crippen LogP contribution in [0, 0.1) is 11.8 Å². The second-order valence-electron chi connectivity index (χ2n) is 9.46. The maximum Gasteiger partial charge on any atom is 0.308 e. The van der Waals surface area contributed by atoms with Gasteiger partial charge in [-0.15, -0.1) is 18.3 Å². The molecule has 4 rings (SSSR count). The van der Waals surface area contributed by atoms with E-state index in [0.29, 0.717) is 25.8 Å². The Bertz CT molecular complexity index is 750. The van der Waals surface area contributed by atoms with Crippen LogP contribution in [-0.4, -0.2) is 79.1 Å². The number of carboxylic acid groups (broad SMARTS) is 1. The number of aliphatic hydroxyl groups is 1. The Morgan fingerprint density at radius 3 is 2.61 bits per heavy atom. The van der Waals surface area contributed by atoms with Crippen molar-refractivity contribution in [2.75, 3.05) is 13.2 Å². The minimum Gasteiger partial charge on any atom is -0.481 e. The number of hydrogen-bond acceptors (Lipinski definition) is 5. The summed E-state index contributed by atoms with van der Waals surface area (Å²) in [7, 11) is 0. The molecule has 3 heterocycles. The lowest BCUT2D eigenvalue weighted by molar-refractivity contribution is -0.150. The normalized spacial score (nSPS) is 35.8. The molecule has 8 heteroatoms. The minimum atomic E-state index is -0.947. The number of rotatable bonds is 8. The summed E-state index contributed by atoms with van der Waals surface area (Å²) in [6.07, 6.45) is 8.87. The Labute approximate surface area is 188 Å². The largest absolute Gasteiger partial charge is 0.481 e. The highest BCUT2D eigenvalue weighted by Gasteiger charge is 2.74. The first kappa shape index (κ1) is 22.6. The monoisotopic (exact) mass is 450 g/mol. The quantitative estimate of drug-likeness (QED) is 0.551. The van der Waals surface area contributed by atoms with Crippen LogP contribution in [0.5, 0.6) is 0 Å². The van der Waals surface area contributed by atoms with Crippen molar-refractivity contribution >= 4 is 29.5 Å². The summed E-state index contributed by atoms with van der Waals surface area (Å²) in [4.78, 5) is 43.4. The molecule has 1 spiro atoms. The highest BCUT2D eigenvalue weighted by Crippen LogP contribution is 2.66. The Hall–Kier alpha value is -1.54. The molecule has 7 nitrogen and oxygen atoms in total. The summed E-state index contributed by atoms with van der Waals surface area (Å²) in [6, 6.07) is -1.07. The van der Waals surface area contributed by atoms with Crippen LogP contribution >= 0.6 is 11.8 Å². The molecule has 172 valence electrons. The number of carbonyl (C=O) groups is 3. The summed E-state index contributed by atoms with van der Waals surface area (Å²) in [6.45, 7) is 5.94. The first-order valence-electron chi connectivity index (χ1n) is 11.7. The van der Waals surface area contributed by atoms with Crippen molar-refractivity contribution in [2.24, 2.45) is 11.8 Å². The van der Waals surface area contributed by atoms with Gasteiger partial charge in [0.05, 0.1) is 29.2 Å². The number of amides is 2. The molecule has 3 saturated heterocycles. The van der Waals surface area contributed by atoms with Gasteiger partial charge in [-0.3, -0.25) is 14.4 Å². The number of carbonyl (C=O) groups excluding carboxylic acids is 2. The zero-order valence-corrected chi connectivity index (χ0v) is 19.1. The van der Waals surface area contributed by atoms with Gasteiger partial charge in [-0.25, -0.2) is 0 Å². The van der Waals surface area contributed by atoms with Crippen LogP contribution in [0.2, 0.25) is 0 Å². The highest BCUT2D eigenvalue weighted by molar-refractivity contribution is 8.02. The SMILES string of the molecule is C=CCN(C(=O)C1N([C@@H](CC)CO)C(=O)[C@@H]2[C@@H](C(=O)O)[C@H]3CCC12S3)C1CCCCC1. The third kappa shape index (κ3) is 3.41. The predicted octanol–water partition coefficient (Wildman–Crippen LogP) is 2.28. The molecule has 1 saturated carbocycles. The van der Waals surface area contributed by atoms with Gasteiger partial charge in [-0.05, 0) is 32.1 Å². The molecular weight excluding hydrogens is 416 g/mol. The van der Waals surface area contributed by atoms with Crippen LogP contribution in [0.25, 0.3) is 0 Å². The van der Waals surface area contributed by atoms with Crippen molar-refractivity contribution < 1.29 is 24.6 Å². The predicted molar refractivity (Wildman–Crippen MR) is 119 cm³/mol. The van der Waals surface area contributed by atoms with Gasteiger partial charge in [0.15, 0.2) is 0 Å². The molecule has 4 fully saturated rings. The summed E-state index contributed by atoms with van der Waals surface area (Å²) < 4.78 is -0.710. The summed E-state index contributed by atoms with van der Waals surface area (Å²) in [5.74, 6) is -2.75. The molecule has 31 heavy (non-hydrogen) atoms. The Kier molecular flexibility index (Phi) is 6.41. The van der Waals surface area contributed by atoms with Gasteiger partial charge in [0.1, 0.15) is 6.04 Å². The lowest BCUT2D eigenvalue weighted by Gasteiger charge is -2.42. The van der Waals surface area contributed by atoms with E-state index in [1.54, 1.807) is 22.7 Å². The van der Waals surface area contributed by atoms with E-state index in [2.05, 4.69) is 6.58 Å². The summed E-state index contributed by atoms with van der Waals surface area (Å²) in [5, 5.41) is 19.8. The Morgan fingerprint density at radius 1 is 1.32 bits per heavy atom. The third-order valence-electron chi connectivity index (χ3n) is 7.96. The fourth-order valence-electron chi connectivity index (χ4n) is 6.57. The second kappa shape index (κ2) is 8.77. The smallest absolute Gasteiger partial charge is 0.308 e. The molecule has 2 N–H and O–H groups in total. The number of hydrogen-bond donors (Lipinski definition) is 2. The average molecular weight is 451 g/mol. The average Bonchev–Trinajstić information content (AvgIpc) is 3.41. The van der Waals surface area contributed by atoms with Crippen LogP contribution in [-0.2, 0) is 14.4 Å². The number of aliphatic carboxylic acids is 1. The van der Waals surface area contributed by atoms with Crippen LogP contribution in [0.4, 0.5) is 0 Å². The highest BCUT2D eigenvalue weighted by atomic mass is 32.2. The zero-order valence-electron chi connectivity index (χ0n) is 18.2. The Morgan fingerprint density at radius 2 is 2.03 bits per heavy atom. The molecule has 0 aromatic rings. The van der Waals surface area contributed by atoms with Crippen molar-refractivity contribution in [3.8, 4) is 0 Å². The molecule has 2 amide bonds. The summed E-state index contributed by atoms with van der Waals surface area (Å²) >= 11 is 1.55. The van der Waals surface area contributed by atoms with Gasteiger partial charge in [-0.2, -0.15) is 0 Å². The first-order valence-corrected chi connectivity index (χ1v) is 12.5. The lowest BCUT2D eigenvalue weighted by atomic mass is 9.71. The van der Waals surface area contributed by atoms with E-state index in [1.807, 2.05) is 11.8 Å². The van der Waals surface area contributed by atoms with Gasteiger partial charge >= 0.3 is 5.97 Å². The zero-order chi connectivity index (χ0) is 22.3. The molecule has 2 bridgehead atoms. The van der Waals surface area contributed by atoms with E-state index in [1.165, 1.54) is 6.42 Å². The van der Waals surface area contributed by atoms with Crippen molar-refractivity contribution in [3.63, 3.8) is 0 Å². The van der Waals surface area contributed by atoms with Crippen molar-refractivity contribution in [1.29, 1.82) is 0 Å². The summed E-state index contributed by atoms with van der Waals surface area (Å²) in [5.41, 5.74) is 0. The van der Waals surface area contributed by atoms with E-state index < -0.39 is 34.6 Å². The van der Waals surface area contributed by atoms with Gasteiger partial charge < -0.3 is 20.0 Å². The molecule has 0 aromatic heterocycles. The first-order chi connectivity index (χ1) is 14.9. The third-order valence-corrected chi connectivity index (χ3v) is 9.91. The topological polar surface area (TPSA) is 98.2 Å². The number of carboxylic acids is 1. The fraction of sp³-hybridized carbons (Fsp3) is 0.783. The second-order valence-corrected chi connectivity index (χ2v) is 11.1. The number of fused-ring (bicyclic) bond motifs is 1. The van der Waals surface area contributed by atoms with Crippen molar-refractivity contribution in [1.82, 2.24) is 9.80 Å². The number of nitrogens with zero attached hydrogens (tertiary/aromatic N) is 2. The van der Waals surface area contributed by atoms with Crippen molar-refractivity contribution in [3.05, 3.63) is 12.7 Å². The molecule has 0 radical (unpaired) electrons. The van der Waals surface area contributed by atoms with Crippen molar-refractivity contribution in [2.45, 2.75) is 86.4 Å². The fourth-order valence-corrected chi connectivity index (χ4v) is 8.76. The Balaban J connectivity index is 1.76. The lowest BCUT2D eigenvalue weighted by Crippen LogP contribution is -2.59. The van der Waals surface area contributed by atoms with E-state index in [9.17, 15) is 24.6 Å². The van der Waals surface area contributed by atoms with Gasteiger partial charge in [0, 0.05) is 17.8 Å². The van der Waals surface area contributed by atoms with E-state index in [-0.39, 0.29) is 29.7 Å². The molecular formula is C23H34N2O5S. The molecule has 2 unspecified atom stereocenters.